The van der Waals surface area contributed by atoms with E-state index in [1.165, 1.54) is 18.0 Å². The molecule has 2 rings (SSSR count). The Morgan fingerprint density at radius 3 is 2.57 bits per heavy atom. The van der Waals surface area contributed by atoms with Crippen LogP contribution in [0.25, 0.3) is 0 Å². The first kappa shape index (κ1) is 14.7. The van der Waals surface area contributed by atoms with E-state index in [0.29, 0.717) is 12.4 Å². The van der Waals surface area contributed by atoms with Crippen molar-refractivity contribution in [3.63, 3.8) is 0 Å². The molecular formula is C16H18N4O. The zero-order valence-electron chi connectivity index (χ0n) is 12.0. The molecule has 0 atom stereocenters. The van der Waals surface area contributed by atoms with Gasteiger partial charge in [-0.15, -0.1) is 6.58 Å². The van der Waals surface area contributed by atoms with Crippen molar-refractivity contribution in [3.05, 3.63) is 60.6 Å². The van der Waals surface area contributed by atoms with Crippen molar-refractivity contribution in [2.75, 3.05) is 11.9 Å². The van der Waals surface area contributed by atoms with Crippen LogP contribution in [0.3, 0.4) is 0 Å². The number of rotatable bonds is 6. The number of carbonyl (C=O) groups is 1. The molecule has 1 amide bonds. The Hall–Kier alpha value is -2.69. The lowest BCUT2D eigenvalue weighted by Gasteiger charge is -2.07. The number of nitrogens with zero attached hydrogens (tertiary/aromatic N) is 2. The maximum atomic E-state index is 11.7. The van der Waals surface area contributed by atoms with Crippen molar-refractivity contribution in [2.45, 2.75) is 13.3 Å². The molecule has 0 aliphatic carbocycles. The third-order valence-electron chi connectivity index (χ3n) is 2.93. The average molecular weight is 282 g/mol. The second kappa shape index (κ2) is 7.19. The van der Waals surface area contributed by atoms with Crippen molar-refractivity contribution in [1.82, 2.24) is 15.3 Å². The molecule has 5 heteroatoms. The predicted molar refractivity (Wildman–Crippen MR) is 83.7 cm³/mol. The fourth-order valence-corrected chi connectivity index (χ4v) is 1.74. The molecule has 0 saturated carbocycles. The van der Waals surface area contributed by atoms with Crippen LogP contribution in [0.5, 0.6) is 0 Å². The zero-order valence-corrected chi connectivity index (χ0v) is 12.0. The largest absolute Gasteiger partial charge is 0.347 e. The summed E-state index contributed by atoms with van der Waals surface area (Å²) < 4.78 is 0. The van der Waals surface area contributed by atoms with Crippen LogP contribution in [0.1, 0.15) is 23.0 Å². The molecule has 0 radical (unpaired) electrons. The van der Waals surface area contributed by atoms with Gasteiger partial charge in [0.2, 0.25) is 0 Å². The van der Waals surface area contributed by atoms with E-state index in [0.717, 1.165) is 12.1 Å². The van der Waals surface area contributed by atoms with Crippen LogP contribution in [0.4, 0.5) is 11.5 Å². The Kier molecular flexibility index (Phi) is 5.04. The molecule has 108 valence electrons. The third-order valence-corrected chi connectivity index (χ3v) is 2.93. The summed E-state index contributed by atoms with van der Waals surface area (Å²) in [6.07, 6.45) is 5.60. The molecule has 5 nitrogen and oxygen atoms in total. The van der Waals surface area contributed by atoms with Gasteiger partial charge in [0.15, 0.2) is 0 Å². The summed E-state index contributed by atoms with van der Waals surface area (Å²) in [6.45, 7) is 6.06. The average Bonchev–Trinajstić information content (AvgIpc) is 2.54. The van der Waals surface area contributed by atoms with E-state index in [9.17, 15) is 4.79 Å². The van der Waals surface area contributed by atoms with Crippen molar-refractivity contribution in [3.8, 4) is 0 Å². The lowest BCUT2D eigenvalue weighted by molar-refractivity contribution is 0.0952. The number of hydrogen-bond donors (Lipinski definition) is 2. The quantitative estimate of drug-likeness (QED) is 0.799. The number of hydrogen-bond acceptors (Lipinski definition) is 4. The number of amides is 1. The fourth-order valence-electron chi connectivity index (χ4n) is 1.74. The summed E-state index contributed by atoms with van der Waals surface area (Å²) in [5, 5.41) is 5.79. The standard InChI is InChI=1S/C16H18N4O/c1-3-9-17-16(21)14-10-19-15(11-18-14)20-13-7-5-12(4-2)6-8-13/h3,5-8,10-11H,1,4,9H2,2H3,(H,17,21)(H,19,20). The Morgan fingerprint density at radius 1 is 1.24 bits per heavy atom. The molecular weight excluding hydrogens is 264 g/mol. The van der Waals surface area contributed by atoms with Gasteiger partial charge in [-0.25, -0.2) is 9.97 Å². The minimum atomic E-state index is -0.263. The molecule has 1 aromatic heterocycles. The molecule has 0 fully saturated rings. The number of aryl methyl sites for hydroxylation is 1. The van der Waals surface area contributed by atoms with Gasteiger partial charge in [0.1, 0.15) is 11.5 Å². The Labute approximate surface area is 124 Å². The highest BCUT2D eigenvalue weighted by Gasteiger charge is 2.06. The number of carbonyl (C=O) groups excluding carboxylic acids is 1. The van der Waals surface area contributed by atoms with Gasteiger partial charge >= 0.3 is 0 Å². The smallest absolute Gasteiger partial charge is 0.271 e. The van der Waals surface area contributed by atoms with Gasteiger partial charge in [-0.05, 0) is 24.1 Å². The van der Waals surface area contributed by atoms with E-state index in [2.05, 4.69) is 46.2 Å². The van der Waals surface area contributed by atoms with E-state index in [4.69, 9.17) is 0 Å². The van der Waals surface area contributed by atoms with Crippen LogP contribution in [-0.4, -0.2) is 22.4 Å². The van der Waals surface area contributed by atoms with Crippen molar-refractivity contribution < 1.29 is 4.79 Å². The molecule has 0 bridgehead atoms. The van der Waals surface area contributed by atoms with Gasteiger partial charge in [0, 0.05) is 12.2 Å². The highest BCUT2D eigenvalue weighted by molar-refractivity contribution is 5.92. The second-order valence-corrected chi connectivity index (χ2v) is 4.46. The summed E-state index contributed by atoms with van der Waals surface area (Å²) in [5.74, 6) is 0.334. The summed E-state index contributed by atoms with van der Waals surface area (Å²) in [7, 11) is 0. The van der Waals surface area contributed by atoms with Gasteiger partial charge in [-0.3, -0.25) is 4.79 Å². The molecule has 2 aromatic rings. The molecule has 0 aliphatic rings. The van der Waals surface area contributed by atoms with Crippen LogP contribution in [0, 0.1) is 0 Å². The SMILES string of the molecule is C=CCNC(=O)c1cnc(Nc2ccc(CC)cc2)cn1. The maximum absolute atomic E-state index is 11.7. The molecule has 1 aromatic carbocycles. The van der Waals surface area contributed by atoms with Gasteiger partial charge in [-0.2, -0.15) is 0 Å². The normalized spacial score (nSPS) is 9.95. The number of nitrogens with one attached hydrogen (secondary N) is 2. The summed E-state index contributed by atoms with van der Waals surface area (Å²) in [5.41, 5.74) is 2.50. The topological polar surface area (TPSA) is 66.9 Å². The predicted octanol–water partition coefficient (Wildman–Crippen LogP) is 2.70. The van der Waals surface area contributed by atoms with E-state index < -0.39 is 0 Å². The summed E-state index contributed by atoms with van der Waals surface area (Å²) in [6, 6.07) is 8.11. The maximum Gasteiger partial charge on any atom is 0.271 e. The minimum Gasteiger partial charge on any atom is -0.347 e. The molecule has 0 spiro atoms. The van der Waals surface area contributed by atoms with Crippen LogP contribution in [0.15, 0.2) is 49.3 Å². The molecule has 1 heterocycles. The highest BCUT2D eigenvalue weighted by Crippen LogP contribution is 2.14. The van der Waals surface area contributed by atoms with Gasteiger partial charge in [0.05, 0.1) is 12.4 Å². The Bertz CT molecular complexity index is 605. The highest BCUT2D eigenvalue weighted by atomic mass is 16.1. The van der Waals surface area contributed by atoms with Gasteiger partial charge < -0.3 is 10.6 Å². The van der Waals surface area contributed by atoms with E-state index in [-0.39, 0.29) is 11.6 Å². The first-order valence-corrected chi connectivity index (χ1v) is 6.80. The Balaban J connectivity index is 2.01. The van der Waals surface area contributed by atoms with Crippen molar-refractivity contribution in [2.24, 2.45) is 0 Å². The molecule has 0 aliphatic heterocycles. The number of anilines is 2. The monoisotopic (exact) mass is 282 g/mol. The summed E-state index contributed by atoms with van der Waals surface area (Å²) in [4.78, 5) is 19.9. The van der Waals surface area contributed by atoms with Crippen LogP contribution in [0.2, 0.25) is 0 Å². The van der Waals surface area contributed by atoms with Crippen LogP contribution in [-0.2, 0) is 6.42 Å². The van der Waals surface area contributed by atoms with Crippen LogP contribution < -0.4 is 10.6 Å². The lowest BCUT2D eigenvalue weighted by Crippen LogP contribution is -2.24. The van der Waals surface area contributed by atoms with E-state index in [1.807, 2.05) is 12.1 Å². The van der Waals surface area contributed by atoms with Gasteiger partial charge in [-0.1, -0.05) is 25.1 Å². The molecule has 0 saturated heterocycles. The van der Waals surface area contributed by atoms with Gasteiger partial charge in [0.25, 0.3) is 5.91 Å². The Morgan fingerprint density at radius 2 is 2.00 bits per heavy atom. The van der Waals surface area contributed by atoms with E-state index in [1.54, 1.807) is 6.08 Å². The fraction of sp³-hybridized carbons (Fsp3) is 0.188. The van der Waals surface area contributed by atoms with Crippen LogP contribution >= 0.6 is 0 Å². The first-order valence-electron chi connectivity index (χ1n) is 6.80. The second-order valence-electron chi connectivity index (χ2n) is 4.46. The van der Waals surface area contributed by atoms with Crippen molar-refractivity contribution in [1.29, 1.82) is 0 Å². The third kappa shape index (κ3) is 4.14. The molecule has 0 unspecified atom stereocenters. The summed E-state index contributed by atoms with van der Waals surface area (Å²) >= 11 is 0. The zero-order chi connectivity index (χ0) is 15.1. The number of aromatic nitrogens is 2. The van der Waals surface area contributed by atoms with Crippen molar-refractivity contribution >= 4 is 17.4 Å². The van der Waals surface area contributed by atoms with E-state index >= 15 is 0 Å². The number of benzene rings is 1. The first-order chi connectivity index (χ1) is 10.2. The minimum absolute atomic E-state index is 0.263. The molecule has 2 N–H and O–H groups in total. The molecule has 21 heavy (non-hydrogen) atoms. The lowest BCUT2D eigenvalue weighted by atomic mass is 10.1.